The van der Waals surface area contributed by atoms with Gasteiger partial charge in [-0.15, -0.1) is 0 Å². The molecule has 1 aromatic rings. The number of thioether (sulfide) groups is 1. The van der Waals surface area contributed by atoms with Gasteiger partial charge in [-0.1, -0.05) is 0 Å². The van der Waals surface area contributed by atoms with Crippen LogP contribution in [0, 0.1) is 0 Å². The highest BCUT2D eigenvalue weighted by molar-refractivity contribution is 8.00. The molecule has 1 aliphatic heterocycles. The Hall–Kier alpha value is -0.910. The van der Waals surface area contributed by atoms with Crippen molar-refractivity contribution in [2.24, 2.45) is 0 Å². The summed E-state index contributed by atoms with van der Waals surface area (Å²) < 4.78 is 24.5. The molecule has 1 aliphatic rings. The maximum absolute atomic E-state index is 12.3. The highest BCUT2D eigenvalue weighted by Gasteiger charge is 2.18. The second kappa shape index (κ2) is 4.08. The first-order valence-electron chi connectivity index (χ1n) is 4.20. The van der Waals surface area contributed by atoms with Crippen molar-refractivity contribution < 1.29 is 8.78 Å². The van der Waals surface area contributed by atoms with E-state index >= 15 is 0 Å². The van der Waals surface area contributed by atoms with Gasteiger partial charge < -0.3 is 5.32 Å². The number of rotatable bonds is 3. The minimum atomic E-state index is -2.53. The van der Waals surface area contributed by atoms with Gasteiger partial charge in [-0.3, -0.25) is 0 Å². The van der Waals surface area contributed by atoms with E-state index in [0.717, 1.165) is 17.8 Å². The fraction of sp³-hybridized carbons (Fsp3) is 0.500. The molecule has 0 bridgehead atoms. The Balaban J connectivity index is 2.05. The smallest absolute Gasteiger partial charge is 0.280 e. The summed E-state index contributed by atoms with van der Waals surface area (Å²) >= 11 is 1.82. The standard InChI is InChI=1S/C8H9F2N3S/c9-8(10)6-1-7(12-4-11-6)13-5-2-14-3-5/h1,4-5,8H,2-3H2,(H,11,12,13). The van der Waals surface area contributed by atoms with Gasteiger partial charge >= 0.3 is 0 Å². The normalized spacial score (nSPS) is 16.8. The molecule has 0 unspecified atom stereocenters. The number of nitrogens with zero attached hydrogens (tertiary/aromatic N) is 2. The molecule has 0 aliphatic carbocycles. The molecule has 0 spiro atoms. The average molecular weight is 217 g/mol. The Morgan fingerprint density at radius 1 is 1.43 bits per heavy atom. The molecule has 1 aromatic heterocycles. The molecule has 0 saturated carbocycles. The van der Waals surface area contributed by atoms with Crippen molar-refractivity contribution in [1.82, 2.24) is 9.97 Å². The molecule has 3 nitrogen and oxygen atoms in total. The van der Waals surface area contributed by atoms with Gasteiger partial charge in [-0.05, 0) is 0 Å². The number of nitrogens with one attached hydrogen (secondary N) is 1. The highest BCUT2D eigenvalue weighted by atomic mass is 32.2. The summed E-state index contributed by atoms with van der Waals surface area (Å²) in [5.74, 6) is 2.50. The molecule has 0 atom stereocenters. The van der Waals surface area contributed by atoms with E-state index in [1.54, 1.807) is 0 Å². The molecule has 0 radical (unpaired) electrons. The lowest BCUT2D eigenvalue weighted by Crippen LogP contribution is -2.33. The third-order valence-electron chi connectivity index (χ3n) is 1.90. The zero-order valence-corrected chi connectivity index (χ0v) is 8.10. The van der Waals surface area contributed by atoms with Crippen LogP contribution < -0.4 is 5.32 Å². The van der Waals surface area contributed by atoms with Crippen LogP contribution in [0.3, 0.4) is 0 Å². The minimum Gasteiger partial charge on any atom is -0.366 e. The van der Waals surface area contributed by atoms with Gasteiger partial charge in [0, 0.05) is 23.6 Å². The average Bonchev–Trinajstić information content (AvgIpc) is 2.12. The molecule has 6 heteroatoms. The topological polar surface area (TPSA) is 37.8 Å². The summed E-state index contributed by atoms with van der Waals surface area (Å²) in [7, 11) is 0. The minimum absolute atomic E-state index is 0.227. The zero-order chi connectivity index (χ0) is 9.97. The molecule has 76 valence electrons. The summed E-state index contributed by atoms with van der Waals surface area (Å²) in [6.07, 6.45) is -1.37. The molecule has 0 aromatic carbocycles. The van der Waals surface area contributed by atoms with Crippen LogP contribution in [0.15, 0.2) is 12.4 Å². The third-order valence-corrected chi connectivity index (χ3v) is 3.18. The zero-order valence-electron chi connectivity index (χ0n) is 7.28. The Kier molecular flexibility index (Phi) is 2.81. The van der Waals surface area contributed by atoms with E-state index in [0.29, 0.717) is 11.9 Å². The number of hydrogen-bond acceptors (Lipinski definition) is 4. The lowest BCUT2D eigenvalue weighted by Gasteiger charge is -2.26. The highest BCUT2D eigenvalue weighted by Crippen LogP contribution is 2.22. The Morgan fingerprint density at radius 3 is 2.79 bits per heavy atom. The lowest BCUT2D eigenvalue weighted by molar-refractivity contribution is 0.146. The fourth-order valence-corrected chi connectivity index (χ4v) is 1.74. The van der Waals surface area contributed by atoms with E-state index < -0.39 is 6.43 Å². The van der Waals surface area contributed by atoms with Crippen molar-refractivity contribution in [1.29, 1.82) is 0 Å². The van der Waals surface area contributed by atoms with Gasteiger partial charge in [0.05, 0.1) is 0 Å². The number of anilines is 1. The first kappa shape index (κ1) is 9.64. The number of aromatic nitrogens is 2. The Morgan fingerprint density at radius 2 is 2.21 bits per heavy atom. The molecule has 1 saturated heterocycles. The molecule has 1 N–H and O–H groups in total. The predicted molar refractivity (Wildman–Crippen MR) is 51.7 cm³/mol. The van der Waals surface area contributed by atoms with Crippen molar-refractivity contribution in [3.63, 3.8) is 0 Å². The molecule has 1 fully saturated rings. The van der Waals surface area contributed by atoms with E-state index in [2.05, 4.69) is 15.3 Å². The van der Waals surface area contributed by atoms with Gasteiger partial charge in [0.2, 0.25) is 0 Å². The van der Waals surface area contributed by atoms with Gasteiger partial charge in [0.25, 0.3) is 6.43 Å². The number of hydrogen-bond donors (Lipinski definition) is 1. The van der Waals surface area contributed by atoms with E-state index in [1.165, 1.54) is 6.07 Å². The first-order valence-corrected chi connectivity index (χ1v) is 5.35. The third kappa shape index (κ3) is 2.12. The van der Waals surface area contributed by atoms with Crippen LogP contribution in [-0.4, -0.2) is 27.5 Å². The van der Waals surface area contributed by atoms with Crippen LogP contribution in [0.1, 0.15) is 12.1 Å². The lowest BCUT2D eigenvalue weighted by atomic mass is 10.3. The first-order chi connectivity index (χ1) is 6.75. The van der Waals surface area contributed by atoms with Crippen LogP contribution in [0.4, 0.5) is 14.6 Å². The van der Waals surface area contributed by atoms with Crippen molar-refractivity contribution >= 4 is 17.6 Å². The molecule has 0 amide bonds. The van der Waals surface area contributed by atoms with Crippen LogP contribution in [0.25, 0.3) is 0 Å². The quantitative estimate of drug-likeness (QED) is 0.839. The molecule has 2 rings (SSSR count). The van der Waals surface area contributed by atoms with Crippen molar-refractivity contribution in [3.8, 4) is 0 Å². The van der Waals surface area contributed by atoms with E-state index in [9.17, 15) is 8.78 Å². The maximum atomic E-state index is 12.3. The molecule has 14 heavy (non-hydrogen) atoms. The van der Waals surface area contributed by atoms with Gasteiger partial charge in [0.1, 0.15) is 17.8 Å². The van der Waals surface area contributed by atoms with Gasteiger partial charge in [0.15, 0.2) is 0 Å². The number of alkyl halides is 2. The molecule has 2 heterocycles. The SMILES string of the molecule is FC(F)c1cc(NC2CSC2)ncn1. The van der Waals surface area contributed by atoms with Crippen molar-refractivity contribution in [2.75, 3.05) is 16.8 Å². The summed E-state index contributed by atoms with van der Waals surface area (Å²) in [5, 5.41) is 3.07. The summed E-state index contributed by atoms with van der Waals surface area (Å²) in [6, 6.07) is 1.66. The van der Waals surface area contributed by atoms with Crippen LogP contribution in [-0.2, 0) is 0 Å². The van der Waals surface area contributed by atoms with Crippen molar-refractivity contribution in [2.45, 2.75) is 12.5 Å². The van der Waals surface area contributed by atoms with E-state index in [1.807, 2.05) is 11.8 Å². The van der Waals surface area contributed by atoms with Crippen molar-refractivity contribution in [3.05, 3.63) is 18.1 Å². The largest absolute Gasteiger partial charge is 0.366 e. The Labute approximate surface area is 84.3 Å². The van der Waals surface area contributed by atoms with Crippen LogP contribution >= 0.6 is 11.8 Å². The fourth-order valence-electron chi connectivity index (χ4n) is 1.10. The second-order valence-electron chi connectivity index (χ2n) is 3.01. The molecular formula is C8H9F2N3S. The summed E-state index contributed by atoms with van der Waals surface area (Å²) in [5.41, 5.74) is -0.227. The summed E-state index contributed by atoms with van der Waals surface area (Å²) in [4.78, 5) is 7.36. The van der Waals surface area contributed by atoms with E-state index in [4.69, 9.17) is 0 Å². The second-order valence-corrected chi connectivity index (χ2v) is 4.08. The monoisotopic (exact) mass is 217 g/mol. The van der Waals surface area contributed by atoms with Gasteiger partial charge in [-0.25, -0.2) is 18.7 Å². The van der Waals surface area contributed by atoms with Crippen LogP contribution in [0.2, 0.25) is 0 Å². The van der Waals surface area contributed by atoms with Crippen LogP contribution in [0.5, 0.6) is 0 Å². The number of halogens is 2. The summed E-state index contributed by atoms with van der Waals surface area (Å²) in [6.45, 7) is 0. The van der Waals surface area contributed by atoms with E-state index in [-0.39, 0.29) is 5.69 Å². The predicted octanol–water partition coefficient (Wildman–Crippen LogP) is 1.94. The molecular weight excluding hydrogens is 208 g/mol. The van der Waals surface area contributed by atoms with Gasteiger partial charge in [-0.2, -0.15) is 11.8 Å². The Bertz CT molecular complexity index is 317. The maximum Gasteiger partial charge on any atom is 0.280 e.